The molecule has 0 aliphatic rings. The molecule has 0 atom stereocenters. The van der Waals surface area contributed by atoms with Crippen LogP contribution in [0.5, 0.6) is 0 Å². The summed E-state index contributed by atoms with van der Waals surface area (Å²) in [5, 5.41) is 12.6. The van der Waals surface area contributed by atoms with Crippen LogP contribution in [0.1, 0.15) is 11.3 Å². The molecule has 3 rings (SSSR count). The molecule has 1 N–H and O–H groups in total. The number of hydrogen-bond donors (Lipinski definition) is 1. The minimum atomic E-state index is -0.503. The van der Waals surface area contributed by atoms with E-state index in [1.54, 1.807) is 36.4 Å². The quantitative estimate of drug-likeness (QED) is 0.386. The van der Waals surface area contributed by atoms with Crippen molar-refractivity contribution in [3.63, 3.8) is 0 Å². The van der Waals surface area contributed by atoms with Crippen LogP contribution >= 0.6 is 27.5 Å². The van der Waals surface area contributed by atoms with Crippen LogP contribution in [0.15, 0.2) is 69.1 Å². The lowest BCUT2D eigenvalue weighted by molar-refractivity contribution is -0.112. The normalized spacial score (nSPS) is 11.1. The minimum absolute atomic E-state index is 0.0540. The lowest BCUT2D eigenvalue weighted by atomic mass is 10.1. The number of halogens is 2. The van der Waals surface area contributed by atoms with Gasteiger partial charge < -0.3 is 9.73 Å². The van der Waals surface area contributed by atoms with Crippen LogP contribution < -0.4 is 5.32 Å². The highest BCUT2D eigenvalue weighted by Gasteiger charge is 2.12. The van der Waals surface area contributed by atoms with Gasteiger partial charge in [-0.1, -0.05) is 33.6 Å². The average molecular weight is 442 g/mol. The van der Waals surface area contributed by atoms with Crippen molar-refractivity contribution >= 4 is 45.2 Å². The summed E-state index contributed by atoms with van der Waals surface area (Å²) in [5.41, 5.74) is 2.42. The predicted octanol–water partition coefficient (Wildman–Crippen LogP) is 6.22. The van der Waals surface area contributed by atoms with E-state index >= 15 is 0 Å². The second-order valence-corrected chi connectivity index (χ2v) is 7.14. The molecule has 1 heterocycles. The van der Waals surface area contributed by atoms with E-state index in [4.69, 9.17) is 16.0 Å². The van der Waals surface area contributed by atoms with Crippen LogP contribution in [0, 0.1) is 18.3 Å². The third-order valence-corrected chi connectivity index (χ3v) is 4.61. The summed E-state index contributed by atoms with van der Waals surface area (Å²) in [6.07, 6.45) is 1.41. The molecule has 4 nitrogen and oxygen atoms in total. The Kier molecular flexibility index (Phi) is 5.80. The van der Waals surface area contributed by atoms with Gasteiger partial charge in [0.15, 0.2) is 0 Å². The third-order valence-electron chi connectivity index (χ3n) is 3.85. The van der Waals surface area contributed by atoms with Gasteiger partial charge in [-0.05, 0) is 61.0 Å². The molecular formula is C21H14BrClN2O2. The van der Waals surface area contributed by atoms with E-state index in [0.717, 1.165) is 15.6 Å². The van der Waals surface area contributed by atoms with Crippen LogP contribution in [-0.2, 0) is 4.79 Å². The Hall–Kier alpha value is -2.81. The molecule has 1 amide bonds. The maximum atomic E-state index is 12.3. The van der Waals surface area contributed by atoms with Crippen LogP contribution in [0.4, 0.5) is 5.69 Å². The van der Waals surface area contributed by atoms with Gasteiger partial charge in [-0.15, -0.1) is 0 Å². The maximum Gasteiger partial charge on any atom is 0.266 e. The number of nitrogens with zero attached hydrogens (tertiary/aromatic N) is 1. The number of anilines is 1. The van der Waals surface area contributed by atoms with Crippen molar-refractivity contribution in [2.45, 2.75) is 6.92 Å². The van der Waals surface area contributed by atoms with E-state index in [9.17, 15) is 10.1 Å². The Labute approximate surface area is 170 Å². The van der Waals surface area contributed by atoms with Crippen LogP contribution in [0.3, 0.4) is 0 Å². The summed E-state index contributed by atoms with van der Waals surface area (Å²) in [5.74, 6) is 0.524. The molecular weight excluding hydrogens is 428 g/mol. The van der Waals surface area contributed by atoms with E-state index in [0.29, 0.717) is 22.2 Å². The first-order valence-corrected chi connectivity index (χ1v) is 9.18. The largest absolute Gasteiger partial charge is 0.457 e. The highest BCUT2D eigenvalue weighted by molar-refractivity contribution is 9.10. The second kappa shape index (κ2) is 8.26. The molecule has 0 spiro atoms. The third kappa shape index (κ3) is 4.68. The molecule has 0 unspecified atom stereocenters. The molecule has 6 heteroatoms. The fourth-order valence-electron chi connectivity index (χ4n) is 2.46. The van der Waals surface area contributed by atoms with E-state index in [2.05, 4.69) is 21.2 Å². The average Bonchev–Trinajstić information content (AvgIpc) is 3.12. The number of aryl methyl sites for hydroxylation is 1. The van der Waals surface area contributed by atoms with Gasteiger partial charge >= 0.3 is 0 Å². The number of carbonyl (C=O) groups is 1. The van der Waals surface area contributed by atoms with Crippen LogP contribution in [0.2, 0.25) is 5.02 Å². The van der Waals surface area contributed by atoms with Crippen molar-refractivity contribution in [3.8, 4) is 17.4 Å². The Morgan fingerprint density at radius 2 is 1.93 bits per heavy atom. The molecule has 2 aromatic carbocycles. The first-order chi connectivity index (χ1) is 13.0. The highest BCUT2D eigenvalue weighted by atomic mass is 79.9. The molecule has 0 radical (unpaired) electrons. The molecule has 1 aromatic heterocycles. The van der Waals surface area contributed by atoms with Gasteiger partial charge in [-0.3, -0.25) is 4.79 Å². The first-order valence-electron chi connectivity index (χ1n) is 8.01. The highest BCUT2D eigenvalue weighted by Crippen LogP contribution is 2.29. The summed E-state index contributed by atoms with van der Waals surface area (Å²) in [6.45, 7) is 1.95. The molecule has 3 aromatic rings. The number of rotatable bonds is 4. The second-order valence-electron chi connectivity index (χ2n) is 5.79. The van der Waals surface area contributed by atoms with Crippen LogP contribution in [0.25, 0.3) is 17.4 Å². The maximum absolute atomic E-state index is 12.3. The number of nitrogens with one attached hydrogen (secondary N) is 1. The zero-order valence-electron chi connectivity index (χ0n) is 14.3. The molecule has 0 saturated carbocycles. The number of amides is 1. The molecule has 0 aliphatic carbocycles. The fourth-order valence-corrected chi connectivity index (χ4v) is 2.89. The van der Waals surface area contributed by atoms with E-state index in [1.165, 1.54) is 6.08 Å². The van der Waals surface area contributed by atoms with Gasteiger partial charge in [0.25, 0.3) is 5.91 Å². The molecule has 134 valence electrons. The Balaban J connectivity index is 1.83. The lowest BCUT2D eigenvalue weighted by Gasteiger charge is -2.04. The predicted molar refractivity (Wildman–Crippen MR) is 110 cm³/mol. The molecule has 27 heavy (non-hydrogen) atoms. The fraction of sp³-hybridized carbons (Fsp3) is 0.0476. The topological polar surface area (TPSA) is 66.0 Å². The number of furan rings is 1. The summed E-state index contributed by atoms with van der Waals surface area (Å²) in [6, 6.07) is 18.0. The van der Waals surface area contributed by atoms with E-state index in [-0.39, 0.29) is 5.57 Å². The van der Waals surface area contributed by atoms with Crippen molar-refractivity contribution in [1.82, 2.24) is 0 Å². The lowest BCUT2D eigenvalue weighted by Crippen LogP contribution is -2.13. The molecule has 0 aliphatic heterocycles. The summed E-state index contributed by atoms with van der Waals surface area (Å²) >= 11 is 9.39. The minimum Gasteiger partial charge on any atom is -0.457 e. The van der Waals surface area contributed by atoms with Gasteiger partial charge in [0, 0.05) is 26.8 Å². The molecule has 0 fully saturated rings. The van der Waals surface area contributed by atoms with Crippen molar-refractivity contribution < 1.29 is 9.21 Å². The standard InChI is InChI=1S/C21H14BrClN2O2/c1-13-2-5-16(23)11-19(13)20-9-8-18(27-20)10-14(12-24)21(26)25-17-6-3-15(22)4-7-17/h2-11H,1H3,(H,25,26)/b14-10-. The van der Waals surface area contributed by atoms with Crippen molar-refractivity contribution in [2.24, 2.45) is 0 Å². The first kappa shape index (κ1) is 19.0. The van der Waals surface area contributed by atoms with Gasteiger partial charge in [-0.2, -0.15) is 5.26 Å². The van der Waals surface area contributed by atoms with Gasteiger partial charge in [-0.25, -0.2) is 0 Å². The zero-order valence-corrected chi connectivity index (χ0v) is 16.6. The monoisotopic (exact) mass is 440 g/mol. The summed E-state index contributed by atoms with van der Waals surface area (Å²) in [4.78, 5) is 12.3. The molecule has 0 bridgehead atoms. The van der Waals surface area contributed by atoms with Gasteiger partial charge in [0.05, 0.1) is 0 Å². The zero-order chi connectivity index (χ0) is 19.4. The summed E-state index contributed by atoms with van der Waals surface area (Å²) in [7, 11) is 0. The van der Waals surface area contributed by atoms with Crippen LogP contribution in [-0.4, -0.2) is 5.91 Å². The van der Waals surface area contributed by atoms with Crippen molar-refractivity contribution in [3.05, 3.63) is 81.0 Å². The number of hydrogen-bond acceptors (Lipinski definition) is 3. The van der Waals surface area contributed by atoms with Crippen molar-refractivity contribution in [2.75, 3.05) is 5.32 Å². The van der Waals surface area contributed by atoms with E-state index < -0.39 is 5.91 Å². The Morgan fingerprint density at radius 1 is 1.19 bits per heavy atom. The number of carbonyl (C=O) groups excluding carboxylic acids is 1. The smallest absolute Gasteiger partial charge is 0.266 e. The summed E-state index contributed by atoms with van der Waals surface area (Å²) < 4.78 is 6.68. The Bertz CT molecular complexity index is 1060. The van der Waals surface area contributed by atoms with Crippen molar-refractivity contribution in [1.29, 1.82) is 5.26 Å². The van der Waals surface area contributed by atoms with Gasteiger partial charge in [0.1, 0.15) is 23.2 Å². The number of benzene rings is 2. The van der Waals surface area contributed by atoms with Gasteiger partial charge in [0.2, 0.25) is 0 Å². The Morgan fingerprint density at radius 3 is 2.63 bits per heavy atom. The SMILES string of the molecule is Cc1ccc(Cl)cc1-c1ccc(/C=C(/C#N)C(=O)Nc2ccc(Br)cc2)o1. The number of nitriles is 1. The molecule has 0 saturated heterocycles. The van der Waals surface area contributed by atoms with E-state index in [1.807, 2.05) is 31.2 Å².